The highest BCUT2D eigenvalue weighted by Crippen LogP contribution is 2.18. The lowest BCUT2D eigenvalue weighted by atomic mass is 10.2. The van der Waals surface area contributed by atoms with Crippen LogP contribution in [0.3, 0.4) is 0 Å². The number of nitrogens with zero attached hydrogens (tertiary/aromatic N) is 3. The molecule has 1 aromatic carbocycles. The number of benzene rings is 1. The highest BCUT2D eigenvalue weighted by molar-refractivity contribution is 7.86. The average molecular weight is 445 g/mol. The number of ether oxygens (including phenoxy) is 1. The first-order chi connectivity index (χ1) is 13.7. The third-order valence-electron chi connectivity index (χ3n) is 5.14. The Morgan fingerprint density at radius 2 is 1.66 bits per heavy atom. The molecule has 1 aromatic rings. The summed E-state index contributed by atoms with van der Waals surface area (Å²) in [6, 6.07) is 7.33. The van der Waals surface area contributed by atoms with Crippen LogP contribution in [-0.2, 0) is 26.3 Å². The van der Waals surface area contributed by atoms with Gasteiger partial charge >= 0.3 is 0 Å². The van der Waals surface area contributed by atoms with Crippen molar-refractivity contribution < 1.29 is 17.9 Å². The lowest BCUT2D eigenvalue weighted by Gasteiger charge is -2.40. The molecule has 2 fully saturated rings. The number of hydrogen-bond donors (Lipinski definition) is 1. The van der Waals surface area contributed by atoms with Crippen LogP contribution in [0.1, 0.15) is 19.4 Å². The van der Waals surface area contributed by atoms with E-state index >= 15 is 0 Å². The van der Waals surface area contributed by atoms with E-state index in [1.165, 1.54) is 8.61 Å². The van der Waals surface area contributed by atoms with E-state index in [4.69, 9.17) is 16.3 Å². The standard InChI is InChI=1S/C19H29ClN4O4S/c1-15-12-24(13-16(2)28-15)29(26,27)23-9-7-22(8-10-23)14-19(25)21-11-17-3-5-18(20)6-4-17/h3-6,15-16H,7-14H2,1-2H3,(H,21,25). The molecule has 1 amide bonds. The van der Waals surface area contributed by atoms with E-state index < -0.39 is 10.2 Å². The summed E-state index contributed by atoms with van der Waals surface area (Å²) in [6.07, 6.45) is -0.224. The van der Waals surface area contributed by atoms with E-state index in [0.717, 1.165) is 5.56 Å². The fourth-order valence-corrected chi connectivity index (χ4v) is 5.54. The minimum Gasteiger partial charge on any atom is -0.373 e. The molecule has 0 bridgehead atoms. The summed E-state index contributed by atoms with van der Waals surface area (Å²) in [7, 11) is -3.50. The number of piperazine rings is 1. The molecule has 1 N–H and O–H groups in total. The van der Waals surface area contributed by atoms with E-state index in [1.807, 2.05) is 30.9 Å². The van der Waals surface area contributed by atoms with Gasteiger partial charge in [0.2, 0.25) is 5.91 Å². The minimum absolute atomic E-state index is 0.0768. The molecule has 2 heterocycles. The van der Waals surface area contributed by atoms with Gasteiger partial charge in [-0.25, -0.2) is 0 Å². The fraction of sp³-hybridized carbons (Fsp3) is 0.632. The molecule has 2 aliphatic rings. The van der Waals surface area contributed by atoms with Crippen molar-refractivity contribution in [1.82, 2.24) is 18.8 Å². The normalized spacial score (nSPS) is 25.1. The zero-order valence-electron chi connectivity index (χ0n) is 16.9. The van der Waals surface area contributed by atoms with E-state index in [1.54, 1.807) is 12.1 Å². The van der Waals surface area contributed by atoms with Gasteiger partial charge in [-0.1, -0.05) is 23.7 Å². The first kappa shape index (κ1) is 22.5. The summed E-state index contributed by atoms with van der Waals surface area (Å²) < 4.78 is 34.5. The van der Waals surface area contributed by atoms with Gasteiger partial charge in [-0.3, -0.25) is 9.69 Å². The molecule has 0 aromatic heterocycles. The van der Waals surface area contributed by atoms with Crippen molar-refractivity contribution >= 4 is 27.7 Å². The number of halogens is 1. The van der Waals surface area contributed by atoms with E-state index in [-0.39, 0.29) is 24.7 Å². The van der Waals surface area contributed by atoms with Gasteiger partial charge < -0.3 is 10.1 Å². The van der Waals surface area contributed by atoms with Crippen LogP contribution in [0.4, 0.5) is 0 Å². The Bertz CT molecular complexity index is 787. The Kier molecular flexibility index (Phi) is 7.53. The predicted molar refractivity (Wildman–Crippen MR) is 112 cm³/mol. The summed E-state index contributed by atoms with van der Waals surface area (Å²) in [5, 5.41) is 3.55. The first-order valence-electron chi connectivity index (χ1n) is 9.88. The van der Waals surface area contributed by atoms with E-state index in [0.29, 0.717) is 50.8 Å². The topological polar surface area (TPSA) is 82.2 Å². The van der Waals surface area contributed by atoms with Crippen LogP contribution in [0.15, 0.2) is 24.3 Å². The van der Waals surface area contributed by atoms with Gasteiger partial charge in [0, 0.05) is 50.8 Å². The van der Waals surface area contributed by atoms with Crippen LogP contribution in [0.5, 0.6) is 0 Å². The smallest absolute Gasteiger partial charge is 0.282 e. The maximum atomic E-state index is 12.9. The van der Waals surface area contributed by atoms with E-state index in [2.05, 4.69) is 5.32 Å². The third-order valence-corrected chi connectivity index (χ3v) is 7.36. The van der Waals surface area contributed by atoms with Crippen molar-refractivity contribution in [3.63, 3.8) is 0 Å². The number of hydrogen-bond acceptors (Lipinski definition) is 5. The second kappa shape index (κ2) is 9.72. The fourth-order valence-electron chi connectivity index (χ4n) is 3.66. The highest BCUT2D eigenvalue weighted by Gasteiger charge is 2.36. The third kappa shape index (κ3) is 6.13. The molecule has 2 saturated heterocycles. The van der Waals surface area contributed by atoms with Gasteiger partial charge in [-0.2, -0.15) is 17.0 Å². The molecule has 0 radical (unpaired) electrons. The lowest BCUT2D eigenvalue weighted by molar-refractivity contribution is -0.122. The quantitative estimate of drug-likeness (QED) is 0.705. The van der Waals surface area contributed by atoms with Crippen LogP contribution in [0.25, 0.3) is 0 Å². The van der Waals surface area contributed by atoms with Crippen molar-refractivity contribution in [2.45, 2.75) is 32.6 Å². The summed E-state index contributed by atoms with van der Waals surface area (Å²) in [6.45, 7) is 7.05. The van der Waals surface area contributed by atoms with Gasteiger partial charge in [0.05, 0.1) is 18.8 Å². The van der Waals surface area contributed by atoms with Gasteiger partial charge in [-0.15, -0.1) is 0 Å². The molecule has 2 unspecified atom stereocenters. The molecule has 162 valence electrons. The lowest BCUT2D eigenvalue weighted by Crippen LogP contribution is -2.57. The van der Waals surface area contributed by atoms with Gasteiger partial charge in [0.25, 0.3) is 10.2 Å². The molecular formula is C19H29ClN4O4S. The SMILES string of the molecule is CC1CN(S(=O)(=O)N2CCN(CC(=O)NCc3ccc(Cl)cc3)CC2)CC(C)O1. The predicted octanol–water partition coefficient (Wildman–Crippen LogP) is 0.928. The largest absolute Gasteiger partial charge is 0.373 e. The number of morpholine rings is 1. The van der Waals surface area contributed by atoms with Crippen molar-refractivity contribution in [1.29, 1.82) is 0 Å². The molecule has 2 aliphatic heterocycles. The summed E-state index contributed by atoms with van der Waals surface area (Å²) >= 11 is 5.86. The Balaban J connectivity index is 1.44. The average Bonchev–Trinajstić information content (AvgIpc) is 2.67. The Morgan fingerprint density at radius 1 is 1.07 bits per heavy atom. The van der Waals surface area contributed by atoms with Crippen LogP contribution in [0.2, 0.25) is 5.02 Å². The Hall–Kier alpha value is -1.23. The molecule has 0 saturated carbocycles. The molecule has 2 atom stereocenters. The molecule has 0 spiro atoms. The first-order valence-corrected chi connectivity index (χ1v) is 11.7. The van der Waals surface area contributed by atoms with Crippen molar-refractivity contribution in [2.75, 3.05) is 45.8 Å². The van der Waals surface area contributed by atoms with Crippen molar-refractivity contribution in [3.05, 3.63) is 34.9 Å². The van der Waals surface area contributed by atoms with Gasteiger partial charge in [-0.05, 0) is 31.5 Å². The molecule has 3 rings (SSSR count). The Labute approximate surface area is 177 Å². The number of rotatable bonds is 6. The van der Waals surface area contributed by atoms with Crippen molar-refractivity contribution in [2.24, 2.45) is 0 Å². The minimum atomic E-state index is -3.50. The van der Waals surface area contributed by atoms with Crippen molar-refractivity contribution in [3.8, 4) is 0 Å². The molecular weight excluding hydrogens is 416 g/mol. The van der Waals surface area contributed by atoms with Crippen LogP contribution in [-0.4, -0.2) is 85.9 Å². The molecule has 10 heteroatoms. The summed E-state index contributed by atoms with van der Waals surface area (Å²) in [5.41, 5.74) is 0.979. The number of amides is 1. The Morgan fingerprint density at radius 3 is 2.24 bits per heavy atom. The second-order valence-electron chi connectivity index (χ2n) is 7.66. The molecule has 29 heavy (non-hydrogen) atoms. The maximum absolute atomic E-state index is 12.9. The van der Waals surface area contributed by atoms with Gasteiger partial charge in [0.15, 0.2) is 0 Å². The van der Waals surface area contributed by atoms with Crippen LogP contribution in [0, 0.1) is 0 Å². The summed E-state index contributed by atoms with van der Waals surface area (Å²) in [4.78, 5) is 14.2. The zero-order chi connectivity index (χ0) is 21.0. The zero-order valence-corrected chi connectivity index (χ0v) is 18.5. The molecule has 8 nitrogen and oxygen atoms in total. The molecule has 0 aliphatic carbocycles. The monoisotopic (exact) mass is 444 g/mol. The van der Waals surface area contributed by atoms with Crippen LogP contribution < -0.4 is 5.32 Å². The number of carbonyl (C=O) groups is 1. The second-order valence-corrected chi connectivity index (χ2v) is 10.0. The van der Waals surface area contributed by atoms with E-state index in [9.17, 15) is 13.2 Å². The highest BCUT2D eigenvalue weighted by atomic mass is 35.5. The number of nitrogens with one attached hydrogen (secondary N) is 1. The maximum Gasteiger partial charge on any atom is 0.282 e. The van der Waals surface area contributed by atoms with Crippen LogP contribution >= 0.6 is 11.6 Å². The van der Waals surface area contributed by atoms with Gasteiger partial charge in [0.1, 0.15) is 0 Å². The number of carbonyl (C=O) groups excluding carboxylic acids is 1. The summed E-state index contributed by atoms with van der Waals surface area (Å²) in [5.74, 6) is -0.0768.